The number of carbonyl (C=O) groups excluding carboxylic acids is 4. The van der Waals surface area contributed by atoms with Gasteiger partial charge in [-0.2, -0.15) is 0 Å². The van der Waals surface area contributed by atoms with Crippen LogP contribution in [0.4, 0.5) is 4.79 Å². The number of ketones is 1. The molecule has 0 saturated heterocycles. The van der Waals surface area contributed by atoms with Gasteiger partial charge in [-0.05, 0) is 115 Å². The molecule has 0 radical (unpaired) electrons. The second-order valence-electron chi connectivity index (χ2n) is 19.1. The number of carbonyl (C=O) groups is 4. The van der Waals surface area contributed by atoms with Crippen molar-refractivity contribution in [3.8, 4) is 0 Å². The number of esters is 1. The summed E-state index contributed by atoms with van der Waals surface area (Å²) in [5, 5.41) is 3.35. The fourth-order valence-corrected chi connectivity index (χ4v) is 12.5. The number of Topliss-reactive ketones (excluding diaryl/α,β-unsaturated/α-hetero) is 1. The van der Waals surface area contributed by atoms with Crippen LogP contribution in [0.2, 0.25) is 0 Å². The standard InChI is InChI=1S/C42H67NO6/c1-11-13-27(12-2)24-48-37(47)43-42-21-16-29-28(36(42)35(26(3)4)30(45)22-42)14-15-32-40(29,9)19-17-31-39(7,8)33(18-20-41(31,32)10)49-34(46)23-38(5,6)25-44/h25-29,31-33H,11-24H2,1-10H3,(H,43,47). The number of amides is 1. The number of nitrogens with one attached hydrogen (secondary N) is 1. The summed E-state index contributed by atoms with van der Waals surface area (Å²) in [6.45, 7) is 22.3. The second-order valence-corrected chi connectivity index (χ2v) is 19.1. The molecule has 0 aliphatic heterocycles. The summed E-state index contributed by atoms with van der Waals surface area (Å²) >= 11 is 0. The first-order chi connectivity index (χ1) is 22.9. The van der Waals surface area contributed by atoms with Gasteiger partial charge >= 0.3 is 12.1 Å². The van der Waals surface area contributed by atoms with E-state index in [1.54, 1.807) is 13.8 Å². The largest absolute Gasteiger partial charge is 0.462 e. The fraction of sp³-hybridized carbons (Fsp3) is 0.857. The Balaban J connectivity index is 1.38. The summed E-state index contributed by atoms with van der Waals surface area (Å²) in [7, 11) is 0. The predicted molar refractivity (Wildman–Crippen MR) is 193 cm³/mol. The molecule has 5 rings (SSSR count). The van der Waals surface area contributed by atoms with E-state index in [0.717, 1.165) is 82.5 Å². The van der Waals surface area contributed by atoms with Crippen LogP contribution in [-0.4, -0.2) is 42.4 Å². The molecule has 49 heavy (non-hydrogen) atoms. The first-order valence-corrected chi connectivity index (χ1v) is 19.8. The highest BCUT2D eigenvalue weighted by Gasteiger charge is 2.67. The van der Waals surface area contributed by atoms with E-state index in [9.17, 15) is 19.2 Å². The van der Waals surface area contributed by atoms with Gasteiger partial charge < -0.3 is 19.6 Å². The molecule has 0 bridgehead atoms. The topological polar surface area (TPSA) is 98.8 Å². The number of allylic oxidation sites excluding steroid dienone is 1. The zero-order valence-electron chi connectivity index (χ0n) is 32.5. The fourth-order valence-electron chi connectivity index (χ4n) is 12.5. The maximum atomic E-state index is 13.8. The number of fused-ring (bicyclic) bond motifs is 7. The van der Waals surface area contributed by atoms with Gasteiger partial charge in [-0.25, -0.2) is 4.79 Å². The Morgan fingerprint density at radius 1 is 0.959 bits per heavy atom. The van der Waals surface area contributed by atoms with E-state index < -0.39 is 11.0 Å². The normalized spacial score (nSPS) is 37.4. The lowest BCUT2D eigenvalue weighted by atomic mass is 9.37. The van der Waals surface area contributed by atoms with Crippen LogP contribution in [0.3, 0.4) is 0 Å². The minimum absolute atomic E-state index is 0.109. The zero-order chi connectivity index (χ0) is 36.2. The molecule has 9 unspecified atom stereocenters. The van der Waals surface area contributed by atoms with Gasteiger partial charge in [0, 0.05) is 17.3 Å². The monoisotopic (exact) mass is 681 g/mol. The van der Waals surface area contributed by atoms with Crippen LogP contribution in [0.1, 0.15) is 153 Å². The Kier molecular flexibility index (Phi) is 10.7. The summed E-state index contributed by atoms with van der Waals surface area (Å²) in [5.74, 6) is 2.13. The summed E-state index contributed by atoms with van der Waals surface area (Å²) in [6.07, 6.45) is 11.9. The number of hydrogen-bond donors (Lipinski definition) is 1. The van der Waals surface area contributed by atoms with Crippen LogP contribution in [0, 0.1) is 57.2 Å². The van der Waals surface area contributed by atoms with Gasteiger partial charge in [0.25, 0.3) is 0 Å². The molecule has 5 aliphatic carbocycles. The third kappa shape index (κ3) is 6.67. The smallest absolute Gasteiger partial charge is 0.407 e. The molecule has 5 aliphatic rings. The minimum atomic E-state index is -0.718. The van der Waals surface area contributed by atoms with E-state index in [-0.39, 0.29) is 58.5 Å². The average molecular weight is 682 g/mol. The number of alkyl carbamates (subject to hydrolysis) is 1. The van der Waals surface area contributed by atoms with E-state index in [1.807, 2.05) is 0 Å². The Bertz CT molecular complexity index is 1330. The van der Waals surface area contributed by atoms with Crippen molar-refractivity contribution in [1.29, 1.82) is 0 Å². The summed E-state index contributed by atoms with van der Waals surface area (Å²) in [5.41, 5.74) is 0.940. The van der Waals surface area contributed by atoms with E-state index in [0.29, 0.717) is 36.7 Å². The Labute approximate surface area is 296 Å². The molecular weight excluding hydrogens is 614 g/mol. The summed E-state index contributed by atoms with van der Waals surface area (Å²) < 4.78 is 12.0. The van der Waals surface area contributed by atoms with Crippen molar-refractivity contribution >= 4 is 24.1 Å². The Morgan fingerprint density at radius 3 is 2.29 bits per heavy atom. The maximum Gasteiger partial charge on any atom is 0.407 e. The number of hydrogen-bond acceptors (Lipinski definition) is 6. The zero-order valence-corrected chi connectivity index (χ0v) is 32.5. The van der Waals surface area contributed by atoms with Crippen molar-refractivity contribution in [2.24, 2.45) is 57.2 Å². The van der Waals surface area contributed by atoms with Crippen LogP contribution in [0.15, 0.2) is 11.1 Å². The molecule has 9 atom stereocenters. The van der Waals surface area contributed by atoms with Gasteiger partial charge in [0.1, 0.15) is 12.4 Å². The van der Waals surface area contributed by atoms with Crippen molar-refractivity contribution in [1.82, 2.24) is 5.32 Å². The number of rotatable bonds is 11. The van der Waals surface area contributed by atoms with E-state index in [4.69, 9.17) is 9.47 Å². The SMILES string of the molecule is CCCC(CC)COC(=O)NC12CCC3C(CCC4C3(C)CCC3C(C)(C)C(OC(=O)CC(C)(C)C=O)CCC34C)C1=C(C(C)C)C(=O)C2. The first-order valence-electron chi connectivity index (χ1n) is 19.8. The van der Waals surface area contributed by atoms with Crippen molar-refractivity contribution in [2.75, 3.05) is 6.61 Å². The van der Waals surface area contributed by atoms with E-state index in [2.05, 4.69) is 60.7 Å². The lowest BCUT2D eigenvalue weighted by Gasteiger charge is -2.68. The van der Waals surface area contributed by atoms with Crippen LogP contribution in [-0.2, 0) is 23.9 Å². The molecule has 7 nitrogen and oxygen atoms in total. The lowest BCUT2D eigenvalue weighted by Crippen LogP contribution is -2.64. The highest BCUT2D eigenvalue weighted by molar-refractivity contribution is 6.02. The van der Waals surface area contributed by atoms with E-state index >= 15 is 0 Å². The van der Waals surface area contributed by atoms with Crippen LogP contribution < -0.4 is 5.32 Å². The first kappa shape index (κ1) is 38.1. The molecule has 0 aromatic rings. The molecule has 0 spiro atoms. The average Bonchev–Trinajstić information content (AvgIpc) is 3.32. The van der Waals surface area contributed by atoms with Gasteiger partial charge in [-0.1, -0.05) is 82.1 Å². The van der Waals surface area contributed by atoms with Crippen molar-refractivity contribution < 1.29 is 28.7 Å². The molecule has 4 saturated carbocycles. The summed E-state index contributed by atoms with van der Waals surface area (Å²) in [6, 6.07) is 0. The van der Waals surface area contributed by atoms with Gasteiger partial charge in [0.15, 0.2) is 5.78 Å². The highest BCUT2D eigenvalue weighted by atomic mass is 16.6. The van der Waals surface area contributed by atoms with Crippen molar-refractivity contribution in [3.05, 3.63) is 11.1 Å². The van der Waals surface area contributed by atoms with Crippen LogP contribution in [0.5, 0.6) is 0 Å². The van der Waals surface area contributed by atoms with Crippen molar-refractivity contribution in [3.63, 3.8) is 0 Å². The number of ether oxygens (including phenoxy) is 2. The Morgan fingerprint density at radius 2 is 1.65 bits per heavy atom. The van der Waals surface area contributed by atoms with Crippen LogP contribution in [0.25, 0.3) is 0 Å². The third-order valence-electron chi connectivity index (χ3n) is 14.8. The quantitative estimate of drug-likeness (QED) is 0.172. The summed E-state index contributed by atoms with van der Waals surface area (Å²) in [4.78, 5) is 51.7. The molecule has 1 N–H and O–H groups in total. The molecule has 7 heteroatoms. The maximum absolute atomic E-state index is 13.8. The predicted octanol–water partition coefficient (Wildman–Crippen LogP) is 9.41. The Hall–Kier alpha value is -2.18. The van der Waals surface area contributed by atoms with E-state index in [1.165, 1.54) is 5.57 Å². The van der Waals surface area contributed by atoms with Gasteiger partial charge in [0.05, 0.1) is 18.6 Å². The van der Waals surface area contributed by atoms with Gasteiger partial charge in [0.2, 0.25) is 0 Å². The van der Waals surface area contributed by atoms with Crippen LogP contribution >= 0.6 is 0 Å². The van der Waals surface area contributed by atoms with Crippen molar-refractivity contribution in [2.45, 2.75) is 164 Å². The molecule has 0 aromatic heterocycles. The molecule has 276 valence electrons. The lowest BCUT2D eigenvalue weighted by molar-refractivity contribution is -0.213. The molecule has 4 fully saturated rings. The molecular formula is C42H67NO6. The number of aldehydes is 1. The highest BCUT2D eigenvalue weighted by Crippen LogP contribution is 2.72. The van der Waals surface area contributed by atoms with Gasteiger partial charge in [-0.15, -0.1) is 0 Å². The molecule has 0 aromatic carbocycles. The third-order valence-corrected chi connectivity index (χ3v) is 14.8. The molecule has 0 heterocycles. The van der Waals surface area contributed by atoms with Gasteiger partial charge in [-0.3, -0.25) is 9.59 Å². The minimum Gasteiger partial charge on any atom is -0.462 e. The molecule has 1 amide bonds. The second kappa shape index (κ2) is 13.7.